The number of carbonyl (C=O) groups excluding carboxylic acids is 1. The zero-order valence-electron chi connectivity index (χ0n) is 22.0. The fourth-order valence-corrected chi connectivity index (χ4v) is 5.59. The monoisotopic (exact) mass is 509 g/mol. The fraction of sp³-hybridized carbons (Fsp3) is 0.355. The van der Waals surface area contributed by atoms with Gasteiger partial charge >= 0.3 is 0 Å². The van der Waals surface area contributed by atoms with Crippen LogP contribution in [0, 0.1) is 0 Å². The molecule has 6 rings (SSSR count). The third kappa shape index (κ3) is 5.04. The lowest BCUT2D eigenvalue weighted by atomic mass is 9.96. The third-order valence-corrected chi connectivity index (χ3v) is 7.81. The summed E-state index contributed by atoms with van der Waals surface area (Å²) in [5, 5.41) is 0. The highest BCUT2D eigenvalue weighted by molar-refractivity contribution is 6.01. The molecule has 7 nitrogen and oxygen atoms in total. The first kappa shape index (κ1) is 24.6. The molecule has 3 heterocycles. The van der Waals surface area contributed by atoms with Crippen molar-refractivity contribution in [3.05, 3.63) is 84.4 Å². The van der Waals surface area contributed by atoms with E-state index in [0.29, 0.717) is 32.7 Å². The summed E-state index contributed by atoms with van der Waals surface area (Å²) in [6.07, 6.45) is 0.393. The Balaban J connectivity index is 1.40. The average Bonchev–Trinajstić information content (AvgIpc) is 2.98. The van der Waals surface area contributed by atoms with Crippen LogP contribution in [0.5, 0.6) is 0 Å². The van der Waals surface area contributed by atoms with Crippen molar-refractivity contribution < 1.29 is 9.53 Å². The number of guanidine groups is 1. The minimum atomic E-state index is -0.142. The first-order valence-corrected chi connectivity index (χ1v) is 13.6. The van der Waals surface area contributed by atoms with Gasteiger partial charge in [0.1, 0.15) is 0 Å². The molecule has 3 aliphatic rings. The number of likely N-dealkylation sites (N-methyl/N-ethyl adjacent to an activating group) is 1. The Morgan fingerprint density at radius 3 is 2.21 bits per heavy atom. The molecule has 0 saturated carbocycles. The predicted octanol–water partition coefficient (Wildman–Crippen LogP) is 4.40. The number of morpholine rings is 1. The smallest absolute Gasteiger partial charge is 0.225 e. The van der Waals surface area contributed by atoms with Crippen LogP contribution in [0.1, 0.15) is 18.0 Å². The number of nitrogens with zero attached hydrogens (tertiary/aromatic N) is 5. The van der Waals surface area contributed by atoms with E-state index in [1.807, 2.05) is 17.0 Å². The second kappa shape index (κ2) is 11.0. The summed E-state index contributed by atoms with van der Waals surface area (Å²) in [5.41, 5.74) is 5.47. The molecule has 0 aromatic heterocycles. The van der Waals surface area contributed by atoms with E-state index in [9.17, 15) is 4.79 Å². The highest BCUT2D eigenvalue weighted by Crippen LogP contribution is 2.41. The Morgan fingerprint density at radius 1 is 0.816 bits per heavy atom. The maximum Gasteiger partial charge on any atom is 0.225 e. The molecule has 3 aliphatic heterocycles. The highest BCUT2D eigenvalue weighted by atomic mass is 16.5. The van der Waals surface area contributed by atoms with E-state index >= 15 is 0 Å². The van der Waals surface area contributed by atoms with Crippen LogP contribution in [0.3, 0.4) is 0 Å². The molecule has 38 heavy (non-hydrogen) atoms. The zero-order valence-corrected chi connectivity index (χ0v) is 22.0. The second-order valence-corrected chi connectivity index (χ2v) is 10.3. The van der Waals surface area contributed by atoms with Crippen LogP contribution < -0.4 is 4.90 Å². The number of piperazine rings is 1. The number of hydrogen-bond acceptors (Lipinski definition) is 6. The number of para-hydroxylation sites is 1. The summed E-state index contributed by atoms with van der Waals surface area (Å²) < 4.78 is 5.51. The summed E-state index contributed by atoms with van der Waals surface area (Å²) in [6, 6.07) is 27.3. The van der Waals surface area contributed by atoms with E-state index in [1.165, 1.54) is 11.1 Å². The number of carbonyl (C=O) groups is 1. The molecule has 7 heteroatoms. The molecule has 0 spiro atoms. The molecule has 0 radical (unpaired) electrons. The van der Waals surface area contributed by atoms with Crippen LogP contribution in [0.25, 0.3) is 11.1 Å². The number of ether oxygens (including phenoxy) is 1. The molecule has 2 saturated heterocycles. The Labute approximate surface area is 224 Å². The van der Waals surface area contributed by atoms with Gasteiger partial charge in [0.25, 0.3) is 0 Å². The van der Waals surface area contributed by atoms with E-state index in [2.05, 4.69) is 88.5 Å². The molecule has 0 bridgehead atoms. The van der Waals surface area contributed by atoms with Gasteiger partial charge in [-0.15, -0.1) is 0 Å². The van der Waals surface area contributed by atoms with Crippen molar-refractivity contribution in [2.45, 2.75) is 12.5 Å². The van der Waals surface area contributed by atoms with Crippen molar-refractivity contribution in [1.82, 2.24) is 14.7 Å². The van der Waals surface area contributed by atoms with E-state index in [-0.39, 0.29) is 11.9 Å². The molecular weight excluding hydrogens is 474 g/mol. The molecule has 2 fully saturated rings. The molecule has 0 aliphatic carbocycles. The van der Waals surface area contributed by atoms with Gasteiger partial charge < -0.3 is 24.3 Å². The van der Waals surface area contributed by atoms with Gasteiger partial charge in [0.05, 0.1) is 31.4 Å². The van der Waals surface area contributed by atoms with E-state index in [1.54, 1.807) is 0 Å². The van der Waals surface area contributed by atoms with Crippen LogP contribution in [-0.2, 0) is 9.53 Å². The van der Waals surface area contributed by atoms with Gasteiger partial charge in [0.15, 0.2) is 0 Å². The maximum absolute atomic E-state index is 13.6. The largest absolute Gasteiger partial charge is 0.378 e. The van der Waals surface area contributed by atoms with E-state index in [4.69, 9.17) is 9.73 Å². The van der Waals surface area contributed by atoms with Crippen LogP contribution in [0.2, 0.25) is 0 Å². The van der Waals surface area contributed by atoms with Crippen molar-refractivity contribution >= 4 is 23.2 Å². The minimum Gasteiger partial charge on any atom is -0.378 e. The number of anilines is 1. The number of fused-ring (bicyclic) bond motifs is 1. The van der Waals surface area contributed by atoms with Crippen LogP contribution in [0.15, 0.2) is 83.9 Å². The highest BCUT2D eigenvalue weighted by Gasteiger charge is 2.37. The number of hydrogen-bond donors (Lipinski definition) is 0. The van der Waals surface area contributed by atoms with Gasteiger partial charge in [0.2, 0.25) is 11.9 Å². The fourth-order valence-electron chi connectivity index (χ4n) is 5.59. The summed E-state index contributed by atoms with van der Waals surface area (Å²) >= 11 is 0. The van der Waals surface area contributed by atoms with Crippen molar-refractivity contribution in [3.8, 4) is 11.1 Å². The predicted molar refractivity (Wildman–Crippen MR) is 152 cm³/mol. The lowest BCUT2D eigenvalue weighted by Crippen LogP contribution is -2.55. The maximum atomic E-state index is 13.6. The van der Waals surface area contributed by atoms with Crippen LogP contribution in [0.4, 0.5) is 11.4 Å². The van der Waals surface area contributed by atoms with Gasteiger partial charge in [-0.3, -0.25) is 4.79 Å². The number of aliphatic imine (C=N–C) groups is 1. The van der Waals surface area contributed by atoms with Crippen LogP contribution >= 0.6 is 0 Å². The quantitative estimate of drug-likeness (QED) is 0.522. The molecule has 3 aromatic rings. The number of rotatable bonds is 4. The Morgan fingerprint density at radius 2 is 1.47 bits per heavy atom. The minimum absolute atomic E-state index is 0.142. The molecule has 1 unspecified atom stereocenters. The molecule has 1 amide bonds. The van der Waals surface area contributed by atoms with E-state index in [0.717, 1.165) is 49.1 Å². The molecule has 1 atom stereocenters. The lowest BCUT2D eigenvalue weighted by Gasteiger charge is -2.44. The van der Waals surface area contributed by atoms with Gasteiger partial charge in [-0.2, -0.15) is 0 Å². The number of amides is 1. The van der Waals surface area contributed by atoms with Gasteiger partial charge in [-0.25, -0.2) is 4.99 Å². The Hall–Kier alpha value is -3.68. The summed E-state index contributed by atoms with van der Waals surface area (Å²) in [6.45, 7) is 6.28. The van der Waals surface area contributed by atoms with Gasteiger partial charge in [-0.05, 0) is 36.4 Å². The first-order chi connectivity index (χ1) is 18.7. The number of benzene rings is 3. The van der Waals surface area contributed by atoms with Gasteiger partial charge in [-0.1, -0.05) is 60.7 Å². The van der Waals surface area contributed by atoms with Crippen molar-refractivity contribution in [1.29, 1.82) is 0 Å². The molecule has 3 aromatic carbocycles. The van der Waals surface area contributed by atoms with Crippen molar-refractivity contribution in [3.63, 3.8) is 0 Å². The Bertz CT molecular complexity index is 1280. The zero-order chi connectivity index (χ0) is 25.9. The first-order valence-electron chi connectivity index (χ1n) is 13.6. The standard InChI is InChI=1S/C31H35N5O2/c1-33-15-17-35(18-16-33)31-32-28-10-6-5-9-27(28)29(23-30(37)34-19-21-38-22-20-34)36(31)26-13-11-25(12-14-26)24-7-3-2-4-8-24/h2-14,29H,15-23H2,1H3. The summed E-state index contributed by atoms with van der Waals surface area (Å²) in [4.78, 5) is 27.8. The average molecular weight is 510 g/mol. The lowest BCUT2D eigenvalue weighted by molar-refractivity contribution is -0.135. The van der Waals surface area contributed by atoms with E-state index < -0.39 is 0 Å². The molecular formula is C31H35N5O2. The SMILES string of the molecule is CN1CCN(C2=Nc3ccccc3C(CC(=O)N3CCOCC3)N2c2ccc(-c3ccccc3)cc2)CC1. The summed E-state index contributed by atoms with van der Waals surface area (Å²) in [5.74, 6) is 1.10. The van der Waals surface area contributed by atoms with Gasteiger partial charge in [0, 0.05) is 50.5 Å². The van der Waals surface area contributed by atoms with Crippen molar-refractivity contribution in [2.75, 3.05) is 64.4 Å². The molecule has 196 valence electrons. The summed E-state index contributed by atoms with van der Waals surface area (Å²) in [7, 11) is 2.17. The second-order valence-electron chi connectivity index (χ2n) is 10.3. The third-order valence-electron chi connectivity index (χ3n) is 7.81. The molecule has 0 N–H and O–H groups in total. The topological polar surface area (TPSA) is 51.6 Å². The van der Waals surface area contributed by atoms with Crippen molar-refractivity contribution in [2.24, 2.45) is 4.99 Å². The van der Waals surface area contributed by atoms with Crippen LogP contribution in [-0.4, -0.2) is 86.1 Å². The Kier molecular flexibility index (Phi) is 7.12. The normalized spacial score (nSPS) is 20.2.